The lowest BCUT2D eigenvalue weighted by Crippen LogP contribution is -2.45. The molecule has 2 N–H and O–H groups in total. The molecule has 0 bridgehead atoms. The molecule has 2 aliphatic rings. The van der Waals surface area contributed by atoms with E-state index in [0.717, 1.165) is 0 Å². The summed E-state index contributed by atoms with van der Waals surface area (Å²) in [6.45, 7) is 7.17. The summed E-state index contributed by atoms with van der Waals surface area (Å²) in [6.07, 6.45) is -2.54. The predicted octanol–water partition coefficient (Wildman–Crippen LogP) is 0.0112. The number of hydrogen-bond donors (Lipinski definition) is 2. The van der Waals surface area contributed by atoms with E-state index in [1.54, 1.807) is 27.7 Å². The Hall–Kier alpha value is -0.240. The quantitative estimate of drug-likeness (QED) is 0.746. The van der Waals surface area contributed by atoms with Gasteiger partial charge in [0.15, 0.2) is 11.6 Å². The molecule has 0 amide bonds. The highest BCUT2D eigenvalue weighted by Crippen LogP contribution is 2.33. The number of aliphatic hydroxyl groups excluding tert-OH is 2. The average molecular weight is 262 g/mol. The molecular formula is C12H22O6. The normalized spacial score (nSPS) is 40.0. The minimum absolute atomic E-state index is 0.206. The third-order valence-electron chi connectivity index (χ3n) is 3.15. The molecule has 0 spiro atoms. The van der Waals surface area contributed by atoms with Gasteiger partial charge >= 0.3 is 0 Å². The third-order valence-corrected chi connectivity index (χ3v) is 3.15. The Balaban J connectivity index is 2.02. The SMILES string of the molecule is CC1(C)OCC([C@H](O)C2OC(C)(C)O[C@H]2CO)O1. The van der Waals surface area contributed by atoms with E-state index in [2.05, 4.69) is 0 Å². The highest BCUT2D eigenvalue weighted by atomic mass is 16.8. The summed E-state index contributed by atoms with van der Waals surface area (Å²) in [5.74, 6) is -1.51. The van der Waals surface area contributed by atoms with Gasteiger partial charge in [0.1, 0.15) is 24.4 Å². The first-order chi connectivity index (χ1) is 8.24. The second-order valence-corrected chi connectivity index (χ2v) is 5.68. The molecule has 2 saturated heterocycles. The summed E-state index contributed by atoms with van der Waals surface area (Å²) in [5.41, 5.74) is 0. The van der Waals surface area contributed by atoms with Gasteiger partial charge in [-0.25, -0.2) is 0 Å². The molecule has 0 saturated carbocycles. The average Bonchev–Trinajstić information content (AvgIpc) is 2.77. The summed E-state index contributed by atoms with van der Waals surface area (Å²) < 4.78 is 22.1. The van der Waals surface area contributed by atoms with Crippen LogP contribution in [0.4, 0.5) is 0 Å². The number of hydrogen-bond acceptors (Lipinski definition) is 6. The van der Waals surface area contributed by atoms with E-state index in [-0.39, 0.29) is 6.61 Å². The number of aliphatic hydroxyl groups is 2. The van der Waals surface area contributed by atoms with Crippen LogP contribution in [0.5, 0.6) is 0 Å². The van der Waals surface area contributed by atoms with Gasteiger partial charge in [0.25, 0.3) is 0 Å². The molecule has 2 unspecified atom stereocenters. The molecule has 2 heterocycles. The molecule has 0 aliphatic carbocycles. The molecular weight excluding hydrogens is 240 g/mol. The highest BCUT2D eigenvalue weighted by Gasteiger charge is 2.49. The monoisotopic (exact) mass is 262 g/mol. The fraction of sp³-hybridized carbons (Fsp3) is 1.00. The Morgan fingerprint density at radius 3 is 2.28 bits per heavy atom. The standard InChI is InChI=1S/C12H22O6/c1-11(2)15-6-8(17-11)9(14)10-7(5-13)16-12(3,4)18-10/h7-10,13-14H,5-6H2,1-4H3/t7-,8?,9-,10?/m0/s1. The van der Waals surface area contributed by atoms with Gasteiger partial charge in [-0.15, -0.1) is 0 Å². The predicted molar refractivity (Wildman–Crippen MR) is 61.8 cm³/mol. The molecule has 4 atom stereocenters. The molecule has 0 aromatic rings. The van der Waals surface area contributed by atoms with E-state index in [9.17, 15) is 10.2 Å². The van der Waals surface area contributed by atoms with E-state index in [0.29, 0.717) is 6.61 Å². The minimum Gasteiger partial charge on any atom is -0.394 e. The lowest BCUT2D eigenvalue weighted by molar-refractivity contribution is -0.178. The van der Waals surface area contributed by atoms with Crippen LogP contribution in [0.15, 0.2) is 0 Å². The number of ether oxygens (including phenoxy) is 4. The van der Waals surface area contributed by atoms with Crippen molar-refractivity contribution in [1.82, 2.24) is 0 Å². The zero-order valence-electron chi connectivity index (χ0n) is 11.3. The Morgan fingerprint density at radius 2 is 1.78 bits per heavy atom. The van der Waals surface area contributed by atoms with Crippen molar-refractivity contribution in [3.8, 4) is 0 Å². The van der Waals surface area contributed by atoms with E-state index >= 15 is 0 Å². The van der Waals surface area contributed by atoms with E-state index in [1.165, 1.54) is 0 Å². The maximum atomic E-state index is 10.3. The summed E-state index contributed by atoms with van der Waals surface area (Å²) in [4.78, 5) is 0. The minimum atomic E-state index is -0.898. The second kappa shape index (κ2) is 4.70. The maximum Gasteiger partial charge on any atom is 0.164 e. The molecule has 18 heavy (non-hydrogen) atoms. The van der Waals surface area contributed by atoms with Crippen LogP contribution in [0.1, 0.15) is 27.7 Å². The van der Waals surface area contributed by atoms with Crippen LogP contribution in [0.3, 0.4) is 0 Å². The van der Waals surface area contributed by atoms with Gasteiger partial charge in [-0.2, -0.15) is 0 Å². The van der Waals surface area contributed by atoms with Gasteiger partial charge in [-0.1, -0.05) is 0 Å². The molecule has 2 fully saturated rings. The lowest BCUT2D eigenvalue weighted by atomic mass is 10.0. The first-order valence-corrected chi connectivity index (χ1v) is 6.20. The van der Waals surface area contributed by atoms with E-state index < -0.39 is 36.0 Å². The molecule has 6 nitrogen and oxygen atoms in total. The maximum absolute atomic E-state index is 10.3. The second-order valence-electron chi connectivity index (χ2n) is 5.68. The van der Waals surface area contributed by atoms with Gasteiger partial charge in [0, 0.05) is 0 Å². The van der Waals surface area contributed by atoms with Gasteiger partial charge in [0.05, 0.1) is 13.2 Å². The van der Waals surface area contributed by atoms with Gasteiger partial charge < -0.3 is 29.2 Å². The molecule has 0 aromatic carbocycles. The molecule has 0 radical (unpaired) electrons. The molecule has 0 aromatic heterocycles. The summed E-state index contributed by atoms with van der Waals surface area (Å²) >= 11 is 0. The van der Waals surface area contributed by atoms with Crippen molar-refractivity contribution in [2.24, 2.45) is 0 Å². The van der Waals surface area contributed by atoms with Crippen LogP contribution >= 0.6 is 0 Å². The Kier molecular flexibility index (Phi) is 3.70. The lowest BCUT2D eigenvalue weighted by Gasteiger charge is -2.26. The zero-order valence-corrected chi connectivity index (χ0v) is 11.3. The Morgan fingerprint density at radius 1 is 1.11 bits per heavy atom. The van der Waals surface area contributed by atoms with Gasteiger partial charge in [0.2, 0.25) is 0 Å². The van der Waals surface area contributed by atoms with Crippen LogP contribution in [-0.4, -0.2) is 59.4 Å². The Bertz CT molecular complexity index is 303. The van der Waals surface area contributed by atoms with Crippen LogP contribution in [0, 0.1) is 0 Å². The molecule has 6 heteroatoms. The van der Waals surface area contributed by atoms with Crippen LogP contribution < -0.4 is 0 Å². The number of rotatable bonds is 3. The van der Waals surface area contributed by atoms with Crippen molar-refractivity contribution in [2.75, 3.05) is 13.2 Å². The largest absolute Gasteiger partial charge is 0.394 e. The van der Waals surface area contributed by atoms with Crippen LogP contribution in [-0.2, 0) is 18.9 Å². The third kappa shape index (κ3) is 2.84. The van der Waals surface area contributed by atoms with E-state index in [1.807, 2.05) is 0 Å². The zero-order chi connectivity index (χ0) is 13.6. The summed E-state index contributed by atoms with van der Waals surface area (Å²) in [6, 6.07) is 0. The van der Waals surface area contributed by atoms with Gasteiger partial charge in [-0.3, -0.25) is 0 Å². The molecule has 106 valence electrons. The van der Waals surface area contributed by atoms with Crippen molar-refractivity contribution >= 4 is 0 Å². The van der Waals surface area contributed by atoms with Crippen LogP contribution in [0.2, 0.25) is 0 Å². The van der Waals surface area contributed by atoms with Crippen molar-refractivity contribution in [3.05, 3.63) is 0 Å². The van der Waals surface area contributed by atoms with Crippen molar-refractivity contribution in [3.63, 3.8) is 0 Å². The van der Waals surface area contributed by atoms with Crippen molar-refractivity contribution < 1.29 is 29.2 Å². The van der Waals surface area contributed by atoms with Crippen molar-refractivity contribution in [1.29, 1.82) is 0 Å². The highest BCUT2D eigenvalue weighted by molar-refractivity contribution is 4.91. The van der Waals surface area contributed by atoms with Crippen LogP contribution in [0.25, 0.3) is 0 Å². The molecule has 2 rings (SSSR count). The topological polar surface area (TPSA) is 77.4 Å². The Labute approximate surface area is 107 Å². The fourth-order valence-corrected chi connectivity index (χ4v) is 2.39. The first-order valence-electron chi connectivity index (χ1n) is 6.20. The van der Waals surface area contributed by atoms with E-state index in [4.69, 9.17) is 18.9 Å². The molecule has 2 aliphatic heterocycles. The summed E-state index contributed by atoms with van der Waals surface area (Å²) in [7, 11) is 0. The summed E-state index contributed by atoms with van der Waals surface area (Å²) in [5, 5.41) is 19.6. The smallest absolute Gasteiger partial charge is 0.164 e. The first kappa shape index (κ1) is 14.2. The fourth-order valence-electron chi connectivity index (χ4n) is 2.39. The van der Waals surface area contributed by atoms with Crippen molar-refractivity contribution in [2.45, 2.75) is 63.7 Å². The van der Waals surface area contributed by atoms with Gasteiger partial charge in [-0.05, 0) is 27.7 Å².